The van der Waals surface area contributed by atoms with Crippen molar-refractivity contribution in [2.75, 3.05) is 6.54 Å². The summed E-state index contributed by atoms with van der Waals surface area (Å²) >= 11 is 0. The van der Waals surface area contributed by atoms with E-state index in [2.05, 4.69) is 10.6 Å². The number of hydrogen-bond donors (Lipinski definition) is 2. The van der Waals surface area contributed by atoms with E-state index in [9.17, 15) is 24.4 Å². The molecule has 3 amide bonds. The number of hydrogen-bond acceptors (Lipinski definition) is 7. The van der Waals surface area contributed by atoms with E-state index in [4.69, 9.17) is 9.47 Å². The van der Waals surface area contributed by atoms with Crippen LogP contribution in [0.3, 0.4) is 0 Å². The van der Waals surface area contributed by atoms with E-state index in [1.807, 2.05) is 56.3 Å². The van der Waals surface area contributed by atoms with E-state index < -0.39 is 59.7 Å². The molecule has 0 aromatic heterocycles. The topological polar surface area (TPSA) is 138 Å². The second kappa shape index (κ2) is 14.7. The molecule has 43 heavy (non-hydrogen) atoms. The van der Waals surface area contributed by atoms with Crippen molar-refractivity contribution < 1.29 is 28.7 Å². The van der Waals surface area contributed by atoms with E-state index in [1.165, 1.54) is 6.92 Å². The molecule has 232 valence electrons. The Morgan fingerprint density at radius 3 is 2.02 bits per heavy atom. The van der Waals surface area contributed by atoms with Gasteiger partial charge in [0.05, 0.1) is 6.07 Å². The molecule has 0 saturated heterocycles. The summed E-state index contributed by atoms with van der Waals surface area (Å²) in [6.07, 6.45) is -0.672. The summed E-state index contributed by atoms with van der Waals surface area (Å²) in [5.74, 6) is -1.99. The first-order chi connectivity index (χ1) is 19.9. The van der Waals surface area contributed by atoms with Crippen molar-refractivity contribution in [3.05, 3.63) is 70.8 Å². The van der Waals surface area contributed by atoms with Crippen LogP contribution in [0.1, 0.15) is 76.8 Å². The van der Waals surface area contributed by atoms with Gasteiger partial charge in [-0.3, -0.25) is 9.59 Å². The Balaban J connectivity index is 2.53. The van der Waals surface area contributed by atoms with Crippen LogP contribution in [0, 0.1) is 25.2 Å². The van der Waals surface area contributed by atoms with Crippen LogP contribution in [0.2, 0.25) is 0 Å². The normalized spacial score (nSPS) is 13.5. The van der Waals surface area contributed by atoms with Crippen LogP contribution < -0.4 is 10.6 Å². The first-order valence-corrected chi connectivity index (χ1v) is 14.2. The molecule has 2 aromatic carbocycles. The monoisotopic (exact) mass is 592 g/mol. The van der Waals surface area contributed by atoms with Crippen LogP contribution in [0.15, 0.2) is 48.5 Å². The highest BCUT2D eigenvalue weighted by Gasteiger charge is 2.37. The predicted molar refractivity (Wildman–Crippen MR) is 163 cm³/mol. The van der Waals surface area contributed by atoms with Gasteiger partial charge in [-0.2, -0.15) is 5.26 Å². The van der Waals surface area contributed by atoms with Crippen LogP contribution in [0.5, 0.6) is 0 Å². The Bertz CT molecular complexity index is 1340. The molecule has 0 aliphatic carbocycles. The van der Waals surface area contributed by atoms with Crippen LogP contribution in [-0.2, 0) is 30.3 Å². The summed E-state index contributed by atoms with van der Waals surface area (Å²) in [6, 6.07) is 12.9. The molecule has 0 bridgehead atoms. The van der Waals surface area contributed by atoms with E-state index in [0.29, 0.717) is 5.56 Å². The lowest BCUT2D eigenvalue weighted by atomic mass is 9.97. The van der Waals surface area contributed by atoms with E-state index in [0.717, 1.165) is 21.6 Å². The predicted octanol–water partition coefficient (Wildman–Crippen LogP) is 4.68. The maximum atomic E-state index is 14.1. The van der Waals surface area contributed by atoms with Crippen LogP contribution >= 0.6 is 0 Å². The number of ether oxygens (including phenoxy) is 2. The maximum absolute atomic E-state index is 14.1. The number of nitriles is 1. The lowest BCUT2D eigenvalue weighted by molar-refractivity contribution is -0.159. The summed E-state index contributed by atoms with van der Waals surface area (Å²) in [7, 11) is 0. The Morgan fingerprint density at radius 1 is 0.884 bits per heavy atom. The molecule has 0 aliphatic heterocycles. The fourth-order valence-corrected chi connectivity index (χ4v) is 4.24. The summed E-state index contributed by atoms with van der Waals surface area (Å²) < 4.78 is 10.9. The molecule has 0 aliphatic rings. The Morgan fingerprint density at radius 2 is 1.49 bits per heavy atom. The first kappa shape index (κ1) is 34.8. The van der Waals surface area contributed by atoms with Gasteiger partial charge in [0.2, 0.25) is 11.8 Å². The number of carbonyl (C=O) groups is 4. The minimum atomic E-state index is -1.30. The number of esters is 1. The lowest BCUT2D eigenvalue weighted by Crippen LogP contribution is -2.54. The van der Waals surface area contributed by atoms with Crippen molar-refractivity contribution in [1.82, 2.24) is 15.5 Å². The van der Waals surface area contributed by atoms with Gasteiger partial charge in [-0.05, 0) is 84.6 Å². The number of nitrogens with one attached hydrogen (secondary N) is 2. The van der Waals surface area contributed by atoms with Gasteiger partial charge in [-0.15, -0.1) is 0 Å². The third-order valence-electron chi connectivity index (χ3n) is 6.32. The molecule has 2 rings (SSSR count). The second-order valence-corrected chi connectivity index (χ2v) is 12.5. The Labute approximate surface area is 254 Å². The highest BCUT2D eigenvalue weighted by molar-refractivity contribution is 5.94. The third-order valence-corrected chi connectivity index (χ3v) is 6.32. The molecule has 0 spiro atoms. The van der Waals surface area contributed by atoms with Crippen LogP contribution in [0.4, 0.5) is 4.79 Å². The van der Waals surface area contributed by atoms with Crippen molar-refractivity contribution in [2.45, 2.75) is 98.1 Å². The molecule has 10 heteroatoms. The zero-order valence-corrected chi connectivity index (χ0v) is 26.6. The van der Waals surface area contributed by atoms with Gasteiger partial charge in [0, 0.05) is 6.42 Å². The molecule has 0 radical (unpaired) electrons. The number of rotatable bonds is 10. The number of aryl methyl sites for hydroxylation is 2. The average molecular weight is 593 g/mol. The highest BCUT2D eigenvalue weighted by atomic mass is 16.6. The van der Waals surface area contributed by atoms with Crippen molar-refractivity contribution in [3.8, 4) is 6.07 Å². The van der Waals surface area contributed by atoms with E-state index in [1.54, 1.807) is 53.7 Å². The van der Waals surface area contributed by atoms with Crippen molar-refractivity contribution >= 4 is 23.9 Å². The molecule has 2 N–H and O–H groups in total. The standard InChI is InChI=1S/C33H44N4O6/c1-21-15-16-25(19-22(21)2)27(37(18-17-34)29(39)23(3)35-31(41)43-33(7,8)9)28(38)36-26(30(40)42-32(4,5)6)20-24-13-11-10-12-14-24/h10-16,19,23,26-27H,18,20H2,1-9H3,(H,35,41)(H,36,38). The fraction of sp³-hybridized carbons (Fsp3) is 0.485. The number of alkyl carbamates (subject to hydrolysis) is 1. The van der Waals surface area contributed by atoms with Gasteiger partial charge in [0.25, 0.3) is 0 Å². The van der Waals surface area contributed by atoms with E-state index in [-0.39, 0.29) is 6.42 Å². The third kappa shape index (κ3) is 11.1. The number of nitrogens with zero attached hydrogens (tertiary/aromatic N) is 2. The van der Waals surface area contributed by atoms with Gasteiger partial charge < -0.3 is 25.0 Å². The summed E-state index contributed by atoms with van der Waals surface area (Å²) in [4.78, 5) is 54.7. The number of carbonyl (C=O) groups excluding carboxylic acids is 4. The molecule has 3 atom stereocenters. The fourth-order valence-electron chi connectivity index (χ4n) is 4.24. The van der Waals surface area contributed by atoms with Gasteiger partial charge in [0.15, 0.2) is 0 Å². The quantitative estimate of drug-likeness (QED) is 0.302. The molecular weight excluding hydrogens is 548 g/mol. The lowest BCUT2D eigenvalue weighted by Gasteiger charge is -2.33. The summed E-state index contributed by atoms with van der Waals surface area (Å²) in [5, 5.41) is 15.0. The molecule has 2 aromatic rings. The Hall–Kier alpha value is -4.39. The van der Waals surface area contributed by atoms with E-state index >= 15 is 0 Å². The van der Waals surface area contributed by atoms with Crippen LogP contribution in [-0.4, -0.2) is 58.6 Å². The smallest absolute Gasteiger partial charge is 0.408 e. The zero-order chi connectivity index (χ0) is 32.5. The van der Waals surface area contributed by atoms with Gasteiger partial charge in [-0.1, -0.05) is 48.5 Å². The maximum Gasteiger partial charge on any atom is 0.408 e. The minimum absolute atomic E-state index is 0.143. The zero-order valence-electron chi connectivity index (χ0n) is 26.6. The highest BCUT2D eigenvalue weighted by Crippen LogP contribution is 2.25. The number of amides is 3. The molecule has 0 saturated carbocycles. The molecule has 10 nitrogen and oxygen atoms in total. The Kier molecular flexibility index (Phi) is 11.9. The second-order valence-electron chi connectivity index (χ2n) is 12.5. The first-order valence-electron chi connectivity index (χ1n) is 14.2. The van der Waals surface area contributed by atoms with Crippen molar-refractivity contribution in [1.29, 1.82) is 5.26 Å². The van der Waals surface area contributed by atoms with Crippen molar-refractivity contribution in [3.63, 3.8) is 0 Å². The van der Waals surface area contributed by atoms with Crippen LogP contribution in [0.25, 0.3) is 0 Å². The minimum Gasteiger partial charge on any atom is -0.458 e. The van der Waals surface area contributed by atoms with Crippen molar-refractivity contribution in [2.24, 2.45) is 0 Å². The summed E-state index contributed by atoms with van der Waals surface area (Å²) in [5.41, 5.74) is 1.47. The number of benzene rings is 2. The largest absolute Gasteiger partial charge is 0.458 e. The van der Waals surface area contributed by atoms with Gasteiger partial charge >= 0.3 is 12.1 Å². The molecule has 3 unspecified atom stereocenters. The summed E-state index contributed by atoms with van der Waals surface area (Å²) in [6.45, 7) is 15.1. The SMILES string of the molecule is Cc1ccc(C(C(=O)NC(Cc2ccccc2)C(=O)OC(C)(C)C)N(CC#N)C(=O)C(C)NC(=O)OC(C)(C)C)cc1C. The van der Waals surface area contributed by atoms with Gasteiger partial charge in [-0.25, -0.2) is 9.59 Å². The average Bonchev–Trinajstić information content (AvgIpc) is 2.88. The molecular formula is C33H44N4O6. The molecule has 0 heterocycles. The van der Waals surface area contributed by atoms with Gasteiger partial charge in [0.1, 0.15) is 35.9 Å². The molecule has 0 fully saturated rings.